The van der Waals surface area contributed by atoms with Crippen LogP contribution in [0.4, 0.5) is 4.79 Å². The molecule has 1 heterocycles. The number of carbonyl (C=O) groups excluding carboxylic acids is 2. The smallest absolute Gasteiger partial charge is 0.408 e. The molecule has 2 amide bonds. The fraction of sp³-hybridized carbons (Fsp3) is 0.174. The van der Waals surface area contributed by atoms with E-state index >= 15 is 0 Å². The van der Waals surface area contributed by atoms with Gasteiger partial charge in [-0.1, -0.05) is 66.7 Å². The van der Waals surface area contributed by atoms with Crippen LogP contribution in [0.1, 0.15) is 16.8 Å². The van der Waals surface area contributed by atoms with Crippen molar-refractivity contribution < 1.29 is 14.3 Å². The van der Waals surface area contributed by atoms with Crippen molar-refractivity contribution in [2.45, 2.75) is 25.6 Å². The average Bonchev–Trinajstić information content (AvgIpc) is 2.78. The fourth-order valence-corrected chi connectivity index (χ4v) is 2.77. The first kappa shape index (κ1) is 20.1. The molecule has 3 aromatic rings. The minimum Gasteiger partial charge on any atom is -0.445 e. The number of alkyl carbamates (subject to hydrolysis) is 1. The monoisotopic (exact) mass is 389 g/mol. The van der Waals surface area contributed by atoms with E-state index in [0.717, 1.165) is 16.8 Å². The number of pyridine rings is 1. The maximum atomic E-state index is 12.7. The minimum absolute atomic E-state index is 0.139. The van der Waals surface area contributed by atoms with E-state index in [0.29, 0.717) is 6.42 Å². The molecule has 0 radical (unpaired) electrons. The number of benzene rings is 2. The molecule has 0 saturated heterocycles. The molecule has 0 spiro atoms. The summed E-state index contributed by atoms with van der Waals surface area (Å²) < 4.78 is 5.27. The van der Waals surface area contributed by atoms with Crippen molar-refractivity contribution in [3.05, 3.63) is 102 Å². The van der Waals surface area contributed by atoms with Gasteiger partial charge >= 0.3 is 6.09 Å². The van der Waals surface area contributed by atoms with E-state index < -0.39 is 12.1 Å². The van der Waals surface area contributed by atoms with Gasteiger partial charge in [0.15, 0.2) is 0 Å². The van der Waals surface area contributed by atoms with Crippen LogP contribution < -0.4 is 10.6 Å². The molecule has 1 unspecified atom stereocenters. The highest BCUT2D eigenvalue weighted by atomic mass is 16.5. The average molecular weight is 389 g/mol. The molecule has 0 aliphatic rings. The third-order valence-electron chi connectivity index (χ3n) is 4.27. The first-order chi connectivity index (χ1) is 14.2. The van der Waals surface area contributed by atoms with E-state index in [1.54, 1.807) is 6.20 Å². The highest BCUT2D eigenvalue weighted by Crippen LogP contribution is 2.06. The summed E-state index contributed by atoms with van der Waals surface area (Å²) in [5.74, 6) is -0.295. The van der Waals surface area contributed by atoms with Crippen molar-refractivity contribution in [3.8, 4) is 0 Å². The van der Waals surface area contributed by atoms with Crippen LogP contribution in [0.15, 0.2) is 85.1 Å². The van der Waals surface area contributed by atoms with Crippen molar-refractivity contribution in [2.24, 2.45) is 0 Å². The number of rotatable bonds is 8. The van der Waals surface area contributed by atoms with E-state index in [9.17, 15) is 9.59 Å². The van der Waals surface area contributed by atoms with E-state index in [1.807, 2.05) is 78.9 Å². The predicted molar refractivity (Wildman–Crippen MR) is 110 cm³/mol. The number of nitrogens with zero attached hydrogens (tertiary/aromatic N) is 1. The van der Waals surface area contributed by atoms with Gasteiger partial charge in [-0.25, -0.2) is 4.79 Å². The third-order valence-corrected chi connectivity index (χ3v) is 4.27. The van der Waals surface area contributed by atoms with E-state index in [1.165, 1.54) is 0 Å². The molecule has 148 valence electrons. The Balaban J connectivity index is 1.60. The second-order valence-corrected chi connectivity index (χ2v) is 6.49. The van der Waals surface area contributed by atoms with Crippen LogP contribution in [0.5, 0.6) is 0 Å². The molecule has 0 saturated carbocycles. The largest absolute Gasteiger partial charge is 0.445 e. The van der Waals surface area contributed by atoms with E-state index in [4.69, 9.17) is 4.74 Å². The van der Waals surface area contributed by atoms with Gasteiger partial charge in [0.25, 0.3) is 0 Å². The Morgan fingerprint density at radius 1 is 0.862 bits per heavy atom. The molecule has 6 heteroatoms. The Labute approximate surface area is 169 Å². The summed E-state index contributed by atoms with van der Waals surface area (Å²) in [6.07, 6.45) is 1.39. The SMILES string of the molecule is O=C(NC(Cc1ccccc1)C(=O)NCc1ccccn1)OCc1ccccc1. The third kappa shape index (κ3) is 6.77. The van der Waals surface area contributed by atoms with Crippen LogP contribution in [-0.4, -0.2) is 23.0 Å². The van der Waals surface area contributed by atoms with Crippen LogP contribution in [-0.2, 0) is 29.1 Å². The number of hydrogen-bond acceptors (Lipinski definition) is 4. The van der Waals surface area contributed by atoms with Crippen LogP contribution in [0, 0.1) is 0 Å². The molecule has 29 heavy (non-hydrogen) atoms. The molecule has 1 aromatic heterocycles. The molecular weight excluding hydrogens is 366 g/mol. The number of ether oxygens (including phenoxy) is 1. The van der Waals surface area contributed by atoms with Crippen molar-refractivity contribution in [2.75, 3.05) is 0 Å². The number of hydrogen-bond donors (Lipinski definition) is 2. The van der Waals surface area contributed by atoms with Crippen molar-refractivity contribution in [1.82, 2.24) is 15.6 Å². The second-order valence-electron chi connectivity index (χ2n) is 6.49. The second kappa shape index (κ2) is 10.6. The van der Waals surface area contributed by atoms with Gasteiger partial charge in [-0.2, -0.15) is 0 Å². The molecular formula is C23H23N3O3. The van der Waals surface area contributed by atoms with Crippen LogP contribution in [0.3, 0.4) is 0 Å². The molecule has 6 nitrogen and oxygen atoms in total. The van der Waals surface area contributed by atoms with Gasteiger partial charge in [0.1, 0.15) is 12.6 Å². The number of aromatic nitrogens is 1. The van der Waals surface area contributed by atoms with Gasteiger partial charge in [0.2, 0.25) is 5.91 Å². The lowest BCUT2D eigenvalue weighted by Gasteiger charge is -2.18. The summed E-state index contributed by atoms with van der Waals surface area (Å²) in [4.78, 5) is 29.2. The summed E-state index contributed by atoms with van der Waals surface area (Å²) in [5.41, 5.74) is 2.56. The summed E-state index contributed by atoms with van der Waals surface area (Å²) in [7, 11) is 0. The van der Waals surface area contributed by atoms with Gasteiger partial charge in [-0.3, -0.25) is 9.78 Å². The lowest BCUT2D eigenvalue weighted by molar-refractivity contribution is -0.123. The lowest BCUT2D eigenvalue weighted by atomic mass is 10.1. The summed E-state index contributed by atoms with van der Waals surface area (Å²) >= 11 is 0. The molecule has 0 aliphatic carbocycles. The lowest BCUT2D eigenvalue weighted by Crippen LogP contribution is -2.48. The van der Waals surface area contributed by atoms with Crippen molar-refractivity contribution in [1.29, 1.82) is 0 Å². The fourth-order valence-electron chi connectivity index (χ4n) is 2.77. The highest BCUT2D eigenvalue weighted by Gasteiger charge is 2.22. The Hall–Kier alpha value is -3.67. The molecule has 2 aromatic carbocycles. The maximum Gasteiger partial charge on any atom is 0.408 e. The topological polar surface area (TPSA) is 80.3 Å². The molecule has 0 fully saturated rings. The number of nitrogens with one attached hydrogen (secondary N) is 2. The number of amides is 2. The summed E-state index contributed by atoms with van der Waals surface area (Å²) in [6.45, 7) is 0.423. The zero-order valence-corrected chi connectivity index (χ0v) is 16.0. The Morgan fingerprint density at radius 2 is 1.52 bits per heavy atom. The zero-order chi connectivity index (χ0) is 20.3. The Kier molecular flexibility index (Phi) is 7.34. The van der Waals surface area contributed by atoms with E-state index in [-0.39, 0.29) is 19.1 Å². The summed E-state index contributed by atoms with van der Waals surface area (Å²) in [6, 6.07) is 23.6. The molecule has 3 rings (SSSR count). The van der Waals surface area contributed by atoms with Gasteiger partial charge in [-0.05, 0) is 23.3 Å². The number of carbonyl (C=O) groups is 2. The van der Waals surface area contributed by atoms with Crippen molar-refractivity contribution in [3.63, 3.8) is 0 Å². The normalized spacial score (nSPS) is 11.3. The van der Waals surface area contributed by atoms with Gasteiger partial charge in [0, 0.05) is 12.6 Å². The van der Waals surface area contributed by atoms with Crippen LogP contribution >= 0.6 is 0 Å². The standard InChI is InChI=1S/C23H23N3O3/c27-22(25-16-20-13-7-8-14-24-20)21(15-18-9-3-1-4-10-18)26-23(28)29-17-19-11-5-2-6-12-19/h1-14,21H,15-17H2,(H,25,27)(H,26,28). The maximum absolute atomic E-state index is 12.7. The van der Waals surface area contributed by atoms with Gasteiger partial charge in [0.05, 0.1) is 12.2 Å². The first-order valence-corrected chi connectivity index (χ1v) is 9.39. The highest BCUT2D eigenvalue weighted by molar-refractivity contribution is 5.85. The predicted octanol–water partition coefficient (Wildman–Crippen LogP) is 3.24. The van der Waals surface area contributed by atoms with E-state index in [2.05, 4.69) is 15.6 Å². The molecule has 1 atom stereocenters. The summed E-state index contributed by atoms with van der Waals surface area (Å²) in [5, 5.41) is 5.50. The molecule has 2 N–H and O–H groups in total. The van der Waals surface area contributed by atoms with Crippen molar-refractivity contribution >= 4 is 12.0 Å². The van der Waals surface area contributed by atoms with Crippen LogP contribution in [0.2, 0.25) is 0 Å². The Morgan fingerprint density at radius 3 is 2.17 bits per heavy atom. The van der Waals surface area contributed by atoms with Gasteiger partial charge in [-0.15, -0.1) is 0 Å². The molecule has 0 bridgehead atoms. The zero-order valence-electron chi connectivity index (χ0n) is 16.0. The quantitative estimate of drug-likeness (QED) is 0.620. The van der Waals surface area contributed by atoms with Crippen LogP contribution in [0.25, 0.3) is 0 Å². The van der Waals surface area contributed by atoms with Gasteiger partial charge < -0.3 is 15.4 Å². The molecule has 0 aliphatic heterocycles. The minimum atomic E-state index is -0.760. The Bertz CT molecular complexity index is 902. The first-order valence-electron chi connectivity index (χ1n) is 9.39.